The number of amides is 1. The highest BCUT2D eigenvalue weighted by molar-refractivity contribution is 5.93. The molecule has 6 nitrogen and oxygen atoms in total. The number of aromatic nitrogens is 2. The number of nitrogens with zero attached hydrogens (tertiary/aromatic N) is 4. The van der Waals surface area contributed by atoms with Gasteiger partial charge < -0.3 is 14.6 Å². The first-order valence-electron chi connectivity index (χ1n) is 7.63. The van der Waals surface area contributed by atoms with Gasteiger partial charge in [0, 0.05) is 25.3 Å². The standard InChI is InChI=1S/C16H17N5O/c17-7-12-2-4-21-10-18-14(6-15(12)21)16(22)19-13-5-11-1-3-20(8-11)9-13/h2,4,6,10-11,13H,1,3,5,8-9H2,(H,19,22)/t11-,13-/m1/s1. The summed E-state index contributed by atoms with van der Waals surface area (Å²) >= 11 is 0. The van der Waals surface area contributed by atoms with Crippen molar-refractivity contribution in [3.05, 3.63) is 35.9 Å². The van der Waals surface area contributed by atoms with Crippen LogP contribution in [0.2, 0.25) is 0 Å². The molecule has 2 aromatic heterocycles. The van der Waals surface area contributed by atoms with E-state index in [1.165, 1.54) is 13.0 Å². The fourth-order valence-electron chi connectivity index (χ4n) is 3.65. The summed E-state index contributed by atoms with van der Waals surface area (Å²) in [4.78, 5) is 19.0. The third kappa shape index (κ3) is 2.24. The molecule has 4 rings (SSSR count). The third-order valence-electron chi connectivity index (χ3n) is 4.71. The van der Waals surface area contributed by atoms with Gasteiger partial charge in [0.25, 0.3) is 5.91 Å². The Hall–Kier alpha value is -2.39. The van der Waals surface area contributed by atoms with Crippen molar-refractivity contribution in [2.24, 2.45) is 5.92 Å². The van der Waals surface area contributed by atoms with E-state index < -0.39 is 0 Å². The summed E-state index contributed by atoms with van der Waals surface area (Å²) in [7, 11) is 0. The van der Waals surface area contributed by atoms with Gasteiger partial charge in [0.1, 0.15) is 18.1 Å². The normalized spacial score (nSPS) is 26.8. The van der Waals surface area contributed by atoms with Gasteiger partial charge in [0.2, 0.25) is 0 Å². The fourth-order valence-corrected chi connectivity index (χ4v) is 3.65. The Balaban J connectivity index is 1.54. The van der Waals surface area contributed by atoms with Gasteiger partial charge in [-0.15, -0.1) is 0 Å². The number of hydrogen-bond acceptors (Lipinski definition) is 4. The Kier molecular flexibility index (Phi) is 3.09. The maximum atomic E-state index is 12.4. The summed E-state index contributed by atoms with van der Waals surface area (Å²) in [5.74, 6) is 0.561. The van der Waals surface area contributed by atoms with Crippen molar-refractivity contribution >= 4 is 11.4 Å². The number of piperidine rings is 1. The average molecular weight is 295 g/mol. The van der Waals surface area contributed by atoms with E-state index in [4.69, 9.17) is 5.26 Å². The average Bonchev–Trinajstić information content (AvgIpc) is 3.09. The third-order valence-corrected chi connectivity index (χ3v) is 4.71. The zero-order chi connectivity index (χ0) is 15.1. The molecule has 0 spiro atoms. The Morgan fingerprint density at radius 1 is 1.45 bits per heavy atom. The number of hydrogen-bond donors (Lipinski definition) is 1. The van der Waals surface area contributed by atoms with Crippen molar-refractivity contribution in [2.75, 3.05) is 19.6 Å². The summed E-state index contributed by atoms with van der Waals surface area (Å²) in [6.45, 7) is 3.25. The van der Waals surface area contributed by atoms with Crippen LogP contribution in [0.15, 0.2) is 24.7 Å². The van der Waals surface area contributed by atoms with Gasteiger partial charge in [-0.05, 0) is 37.4 Å². The SMILES string of the molecule is N#Cc1ccn2cnc(C(=O)N[C@@H]3C[C@H]4CCN(C4)C3)cc12. The van der Waals surface area contributed by atoms with Gasteiger partial charge >= 0.3 is 0 Å². The van der Waals surface area contributed by atoms with E-state index in [1.807, 2.05) is 0 Å². The van der Waals surface area contributed by atoms with Crippen LogP contribution in [0.25, 0.3) is 5.52 Å². The molecule has 2 bridgehead atoms. The Morgan fingerprint density at radius 2 is 2.36 bits per heavy atom. The lowest BCUT2D eigenvalue weighted by molar-refractivity contribution is 0.0904. The molecule has 1 amide bonds. The second kappa shape index (κ2) is 5.11. The quantitative estimate of drug-likeness (QED) is 0.898. The van der Waals surface area contributed by atoms with E-state index in [0.717, 1.165) is 25.0 Å². The Labute approximate surface area is 128 Å². The molecule has 1 N–H and O–H groups in total. The second-order valence-electron chi connectivity index (χ2n) is 6.23. The van der Waals surface area contributed by atoms with Gasteiger partial charge in [-0.25, -0.2) is 4.98 Å². The lowest BCUT2D eigenvalue weighted by Gasteiger charge is -2.30. The predicted molar refractivity (Wildman–Crippen MR) is 80.3 cm³/mol. The minimum absolute atomic E-state index is 0.153. The summed E-state index contributed by atoms with van der Waals surface area (Å²) in [5.41, 5.74) is 1.64. The topological polar surface area (TPSA) is 73.4 Å². The summed E-state index contributed by atoms with van der Waals surface area (Å²) in [5, 5.41) is 12.2. The van der Waals surface area contributed by atoms with Gasteiger partial charge in [0.15, 0.2) is 0 Å². The van der Waals surface area contributed by atoms with Crippen LogP contribution in [0.1, 0.15) is 28.9 Å². The monoisotopic (exact) mass is 295 g/mol. The van der Waals surface area contributed by atoms with E-state index >= 15 is 0 Å². The summed E-state index contributed by atoms with van der Waals surface area (Å²) in [6, 6.07) is 5.75. The molecule has 2 saturated heterocycles. The van der Waals surface area contributed by atoms with Gasteiger partial charge in [-0.2, -0.15) is 5.26 Å². The number of fused-ring (bicyclic) bond motifs is 3. The first-order chi connectivity index (χ1) is 10.7. The van der Waals surface area contributed by atoms with Gasteiger partial charge in [-0.1, -0.05) is 0 Å². The molecule has 0 aliphatic carbocycles. The molecule has 0 radical (unpaired) electrons. The summed E-state index contributed by atoms with van der Waals surface area (Å²) < 4.78 is 1.75. The maximum absolute atomic E-state index is 12.4. The van der Waals surface area contributed by atoms with Crippen LogP contribution in [0.5, 0.6) is 0 Å². The minimum atomic E-state index is -0.153. The van der Waals surface area contributed by atoms with Crippen LogP contribution in [-0.4, -0.2) is 45.9 Å². The molecule has 6 heteroatoms. The summed E-state index contributed by atoms with van der Waals surface area (Å²) in [6.07, 6.45) is 5.65. The van der Waals surface area contributed by atoms with Crippen LogP contribution in [0, 0.1) is 17.2 Å². The molecule has 2 aliphatic heterocycles. The molecule has 0 saturated carbocycles. The highest BCUT2D eigenvalue weighted by atomic mass is 16.1. The molecular formula is C16H17N5O. The lowest BCUT2D eigenvalue weighted by Crippen LogP contribution is -2.47. The van der Waals surface area contributed by atoms with Crippen molar-refractivity contribution in [1.82, 2.24) is 19.6 Å². The first-order valence-corrected chi connectivity index (χ1v) is 7.63. The first kappa shape index (κ1) is 13.3. The van der Waals surface area contributed by atoms with E-state index in [-0.39, 0.29) is 11.9 Å². The molecule has 2 aliphatic rings. The Bertz CT molecular complexity index is 762. The van der Waals surface area contributed by atoms with Crippen LogP contribution in [0.3, 0.4) is 0 Å². The van der Waals surface area contributed by atoms with Crippen molar-refractivity contribution in [2.45, 2.75) is 18.9 Å². The zero-order valence-electron chi connectivity index (χ0n) is 12.2. The molecule has 0 aromatic carbocycles. The van der Waals surface area contributed by atoms with Crippen molar-refractivity contribution < 1.29 is 4.79 Å². The molecule has 22 heavy (non-hydrogen) atoms. The fraction of sp³-hybridized carbons (Fsp3) is 0.438. The smallest absolute Gasteiger partial charge is 0.270 e. The number of nitrogens with one attached hydrogen (secondary N) is 1. The molecular weight excluding hydrogens is 278 g/mol. The largest absolute Gasteiger partial charge is 0.347 e. The predicted octanol–water partition coefficient (Wildman–Crippen LogP) is 1.03. The van der Waals surface area contributed by atoms with Gasteiger partial charge in [-0.3, -0.25) is 4.79 Å². The highest BCUT2D eigenvalue weighted by Crippen LogP contribution is 2.26. The van der Waals surface area contributed by atoms with Crippen molar-refractivity contribution in [3.8, 4) is 6.07 Å². The lowest BCUT2D eigenvalue weighted by atomic mass is 9.97. The van der Waals surface area contributed by atoms with Crippen LogP contribution in [0.4, 0.5) is 0 Å². The van der Waals surface area contributed by atoms with Crippen molar-refractivity contribution in [3.63, 3.8) is 0 Å². The van der Waals surface area contributed by atoms with Crippen molar-refractivity contribution in [1.29, 1.82) is 5.26 Å². The van der Waals surface area contributed by atoms with Gasteiger partial charge in [0.05, 0.1) is 11.1 Å². The molecule has 3 atom stereocenters. The van der Waals surface area contributed by atoms with Crippen LogP contribution in [-0.2, 0) is 0 Å². The molecule has 2 aromatic rings. The van der Waals surface area contributed by atoms with Crippen LogP contribution >= 0.6 is 0 Å². The molecule has 112 valence electrons. The van der Waals surface area contributed by atoms with E-state index in [0.29, 0.717) is 17.2 Å². The molecule has 1 unspecified atom stereocenters. The number of nitriles is 1. The number of carbonyl (C=O) groups excluding carboxylic acids is 1. The second-order valence-corrected chi connectivity index (χ2v) is 6.23. The number of carbonyl (C=O) groups is 1. The molecule has 4 heterocycles. The van der Waals surface area contributed by atoms with Crippen LogP contribution < -0.4 is 5.32 Å². The molecule has 2 fully saturated rings. The highest BCUT2D eigenvalue weighted by Gasteiger charge is 2.33. The Morgan fingerprint density at radius 3 is 3.18 bits per heavy atom. The van der Waals surface area contributed by atoms with E-state index in [1.54, 1.807) is 29.1 Å². The minimum Gasteiger partial charge on any atom is -0.347 e. The maximum Gasteiger partial charge on any atom is 0.270 e. The zero-order valence-corrected chi connectivity index (χ0v) is 12.2. The van der Waals surface area contributed by atoms with E-state index in [9.17, 15) is 4.79 Å². The van der Waals surface area contributed by atoms with E-state index in [2.05, 4.69) is 21.3 Å². The number of rotatable bonds is 2.